The lowest BCUT2D eigenvalue weighted by atomic mass is 9.94. The smallest absolute Gasteiger partial charge is 0.431 e. The molecule has 2 aromatic rings. The summed E-state index contributed by atoms with van der Waals surface area (Å²) in [6.45, 7) is 2.45. The molecular weight excluding hydrogens is 484 g/mol. The van der Waals surface area contributed by atoms with E-state index in [2.05, 4.69) is 10.1 Å². The average Bonchev–Trinajstić information content (AvgIpc) is 3.16. The molecule has 36 heavy (non-hydrogen) atoms. The largest absolute Gasteiger partial charge is 0.490 e. The molecule has 2 aliphatic rings. The Morgan fingerprint density at radius 3 is 2.44 bits per heavy atom. The van der Waals surface area contributed by atoms with E-state index < -0.39 is 42.1 Å². The minimum absolute atomic E-state index is 0.125. The van der Waals surface area contributed by atoms with Gasteiger partial charge >= 0.3 is 12.1 Å². The van der Waals surface area contributed by atoms with Crippen LogP contribution in [0, 0.1) is 11.7 Å². The molecule has 1 aromatic heterocycles. The van der Waals surface area contributed by atoms with Crippen LogP contribution in [0.2, 0.25) is 0 Å². The zero-order valence-electron chi connectivity index (χ0n) is 19.7. The van der Waals surface area contributed by atoms with Crippen molar-refractivity contribution in [3.8, 4) is 11.6 Å². The lowest BCUT2D eigenvalue weighted by molar-refractivity contribution is -0.137. The number of alkyl halides is 3. The molecule has 0 amide bonds. The number of benzene rings is 1. The summed E-state index contributed by atoms with van der Waals surface area (Å²) in [5.74, 6) is -1.87. The molecule has 0 bridgehead atoms. The monoisotopic (exact) mass is 510 g/mol. The van der Waals surface area contributed by atoms with Gasteiger partial charge in [0.05, 0.1) is 37.1 Å². The Kier molecular flexibility index (Phi) is 7.23. The van der Waals surface area contributed by atoms with Crippen molar-refractivity contribution in [2.45, 2.75) is 44.5 Å². The highest BCUT2D eigenvalue weighted by Crippen LogP contribution is 2.37. The Hall–Kier alpha value is -3.57. The van der Waals surface area contributed by atoms with E-state index in [0.29, 0.717) is 48.9 Å². The van der Waals surface area contributed by atoms with Crippen molar-refractivity contribution in [2.75, 3.05) is 30.1 Å². The summed E-state index contributed by atoms with van der Waals surface area (Å²) < 4.78 is 65.4. The molecule has 0 radical (unpaired) electrons. The van der Waals surface area contributed by atoms with Crippen LogP contribution in [0.3, 0.4) is 0 Å². The maximum absolute atomic E-state index is 14.2. The van der Waals surface area contributed by atoms with Crippen LogP contribution in [0.25, 0.3) is 0 Å². The molecule has 1 fully saturated rings. The number of carboxylic acid groups (broad SMARTS) is 1. The van der Waals surface area contributed by atoms with Crippen LogP contribution in [-0.2, 0) is 4.79 Å². The highest BCUT2D eigenvalue weighted by molar-refractivity contribution is 5.95. The Morgan fingerprint density at radius 2 is 1.86 bits per heavy atom. The van der Waals surface area contributed by atoms with Gasteiger partial charge in [0, 0.05) is 37.9 Å². The van der Waals surface area contributed by atoms with Gasteiger partial charge in [-0.2, -0.15) is 18.3 Å². The van der Waals surface area contributed by atoms with E-state index >= 15 is 0 Å². The fourth-order valence-electron chi connectivity index (χ4n) is 4.53. The van der Waals surface area contributed by atoms with Crippen LogP contribution in [0.5, 0.6) is 11.6 Å². The van der Waals surface area contributed by atoms with Gasteiger partial charge in [0.1, 0.15) is 17.6 Å². The summed E-state index contributed by atoms with van der Waals surface area (Å²) in [6.07, 6.45) is -2.86. The molecule has 2 aliphatic heterocycles. The van der Waals surface area contributed by atoms with Gasteiger partial charge in [0.2, 0.25) is 5.88 Å². The van der Waals surface area contributed by atoms with Gasteiger partial charge in [-0.25, -0.2) is 9.37 Å². The predicted octanol–water partition coefficient (Wildman–Crippen LogP) is 4.49. The van der Waals surface area contributed by atoms with Crippen LogP contribution in [0.1, 0.15) is 26.2 Å². The number of aliphatic carboxylic acids is 1. The topological polar surface area (TPSA) is 87.5 Å². The van der Waals surface area contributed by atoms with Gasteiger partial charge < -0.3 is 19.5 Å². The number of rotatable bonds is 7. The Labute approximate surface area is 205 Å². The zero-order valence-corrected chi connectivity index (χ0v) is 19.7. The second kappa shape index (κ2) is 10.2. The quantitative estimate of drug-likeness (QED) is 0.549. The second-order valence-corrected chi connectivity index (χ2v) is 8.76. The maximum Gasteiger partial charge on any atom is 0.431 e. The summed E-state index contributed by atoms with van der Waals surface area (Å²) in [5, 5.41) is 14.0. The van der Waals surface area contributed by atoms with Gasteiger partial charge in [0.15, 0.2) is 5.82 Å². The van der Waals surface area contributed by atoms with Crippen molar-refractivity contribution in [2.24, 2.45) is 11.0 Å². The number of carbonyl (C=O) groups is 1. The van der Waals surface area contributed by atoms with Crippen molar-refractivity contribution >= 4 is 23.1 Å². The van der Waals surface area contributed by atoms with E-state index in [9.17, 15) is 27.5 Å². The van der Waals surface area contributed by atoms with E-state index in [1.54, 1.807) is 30.3 Å². The number of pyridine rings is 1. The summed E-state index contributed by atoms with van der Waals surface area (Å²) in [4.78, 5) is 17.0. The molecule has 8 nitrogen and oxygen atoms in total. The first kappa shape index (κ1) is 25.5. The normalized spacial score (nSPS) is 20.9. The highest BCUT2D eigenvalue weighted by Gasteiger charge is 2.48. The molecule has 0 saturated carbocycles. The molecule has 1 N–H and O–H groups in total. The maximum atomic E-state index is 14.2. The molecule has 194 valence electrons. The van der Waals surface area contributed by atoms with Crippen LogP contribution in [0.15, 0.2) is 41.6 Å². The van der Waals surface area contributed by atoms with E-state index in [1.807, 2.05) is 4.90 Å². The van der Waals surface area contributed by atoms with Gasteiger partial charge in [0.25, 0.3) is 0 Å². The summed E-state index contributed by atoms with van der Waals surface area (Å²) in [5.41, 5.74) is -0.236. The molecule has 1 saturated heterocycles. The number of carboxylic acids is 1. The van der Waals surface area contributed by atoms with Gasteiger partial charge in [-0.05, 0) is 24.3 Å². The van der Waals surface area contributed by atoms with Crippen LogP contribution < -0.4 is 19.4 Å². The second-order valence-electron chi connectivity index (χ2n) is 8.76. The number of halogens is 4. The Balaban J connectivity index is 1.41. The number of anilines is 2. The minimum Gasteiger partial charge on any atom is -0.490 e. The third kappa shape index (κ3) is 5.47. The van der Waals surface area contributed by atoms with Gasteiger partial charge in [-0.1, -0.05) is 6.92 Å². The molecular formula is C24H26F4N4O4. The number of nitrogens with zero attached hydrogens (tertiary/aromatic N) is 4. The van der Waals surface area contributed by atoms with Crippen molar-refractivity contribution in [1.29, 1.82) is 0 Å². The lowest BCUT2D eigenvalue weighted by Gasteiger charge is -2.34. The van der Waals surface area contributed by atoms with Gasteiger partial charge in [-0.15, -0.1) is 0 Å². The van der Waals surface area contributed by atoms with E-state index in [1.165, 1.54) is 14.0 Å². The first-order chi connectivity index (χ1) is 17.1. The highest BCUT2D eigenvalue weighted by atomic mass is 19.4. The molecule has 1 aromatic carbocycles. The van der Waals surface area contributed by atoms with E-state index in [-0.39, 0.29) is 6.10 Å². The summed E-state index contributed by atoms with van der Waals surface area (Å²) in [7, 11) is 1.47. The molecule has 2 unspecified atom stereocenters. The average molecular weight is 510 g/mol. The standard InChI is InChI=1S/C24H26F4N4O4/c1-14-19(12-22(33)34)32(30-23(14)24(26,27)28)15-3-5-16(6-4-15)36-17-7-9-31(10-8-17)20-11-21(35-2)29-13-18(20)25/h3-6,11,13-14,17,19H,7-10,12H2,1-2H3,(H,33,34). The van der Waals surface area contributed by atoms with Crippen molar-refractivity contribution in [3.63, 3.8) is 0 Å². The number of methoxy groups -OCH3 is 1. The summed E-state index contributed by atoms with van der Waals surface area (Å²) >= 11 is 0. The number of piperidine rings is 1. The van der Waals surface area contributed by atoms with Crippen LogP contribution in [-0.4, -0.2) is 60.3 Å². The van der Waals surface area contributed by atoms with Crippen molar-refractivity contribution in [1.82, 2.24) is 4.98 Å². The zero-order chi connectivity index (χ0) is 26.0. The number of hydrogen-bond donors (Lipinski definition) is 1. The molecule has 2 atom stereocenters. The third-order valence-electron chi connectivity index (χ3n) is 6.42. The Morgan fingerprint density at radius 1 is 1.19 bits per heavy atom. The van der Waals surface area contributed by atoms with Crippen molar-refractivity contribution in [3.05, 3.63) is 42.3 Å². The fraction of sp³-hybridized carbons (Fsp3) is 0.458. The minimum atomic E-state index is -4.65. The first-order valence-electron chi connectivity index (χ1n) is 11.4. The third-order valence-corrected chi connectivity index (χ3v) is 6.42. The summed E-state index contributed by atoms with van der Waals surface area (Å²) in [6, 6.07) is 6.97. The number of aromatic nitrogens is 1. The molecule has 3 heterocycles. The predicted molar refractivity (Wildman–Crippen MR) is 124 cm³/mol. The Bertz CT molecular complexity index is 1120. The number of ether oxygens (including phenoxy) is 2. The van der Waals surface area contributed by atoms with Gasteiger partial charge in [-0.3, -0.25) is 9.80 Å². The molecule has 0 spiro atoms. The van der Waals surface area contributed by atoms with Crippen molar-refractivity contribution < 1.29 is 36.9 Å². The molecule has 4 rings (SSSR count). The fourth-order valence-corrected chi connectivity index (χ4v) is 4.53. The van der Waals surface area contributed by atoms with Crippen LogP contribution >= 0.6 is 0 Å². The number of hydrogen-bond acceptors (Lipinski definition) is 7. The lowest BCUT2D eigenvalue weighted by Crippen LogP contribution is -2.38. The van der Waals surface area contributed by atoms with E-state index in [0.717, 1.165) is 11.2 Å². The number of hydrazone groups is 1. The molecule has 12 heteroatoms. The first-order valence-corrected chi connectivity index (χ1v) is 11.4. The van der Waals surface area contributed by atoms with E-state index in [4.69, 9.17) is 9.47 Å². The SMILES string of the molecule is COc1cc(N2CCC(Oc3ccc(N4N=C(C(F)(F)F)C(C)C4CC(=O)O)cc3)CC2)c(F)cn1. The van der Waals surface area contributed by atoms with Crippen LogP contribution in [0.4, 0.5) is 28.9 Å². The molecule has 0 aliphatic carbocycles.